The monoisotopic (exact) mass is 411 g/mol. The first-order chi connectivity index (χ1) is 11.2. The number of urea groups is 1. The molecular formula is C14H14BrF4N3O2. The Hall–Kier alpha value is -1.84. The van der Waals surface area contributed by atoms with E-state index in [0.29, 0.717) is 10.9 Å². The van der Waals surface area contributed by atoms with E-state index in [2.05, 4.69) is 21.2 Å². The fourth-order valence-corrected chi connectivity index (χ4v) is 2.70. The second kappa shape index (κ2) is 7.37. The van der Waals surface area contributed by atoms with E-state index in [0.717, 1.165) is 11.0 Å². The summed E-state index contributed by atoms with van der Waals surface area (Å²) in [5.41, 5.74) is -0.0791. The summed E-state index contributed by atoms with van der Waals surface area (Å²) in [6, 6.07) is 2.28. The van der Waals surface area contributed by atoms with Crippen LogP contribution in [0.15, 0.2) is 22.7 Å². The predicted octanol–water partition coefficient (Wildman–Crippen LogP) is 3.26. The summed E-state index contributed by atoms with van der Waals surface area (Å²) in [4.78, 5) is 25.2. The lowest BCUT2D eigenvalue weighted by Crippen LogP contribution is -2.49. The predicted molar refractivity (Wildman–Crippen MR) is 81.9 cm³/mol. The van der Waals surface area contributed by atoms with E-state index in [1.54, 1.807) is 5.32 Å². The number of alkyl halides is 3. The smallest absolute Gasteiger partial charge is 0.345 e. The van der Waals surface area contributed by atoms with Gasteiger partial charge in [0.1, 0.15) is 18.4 Å². The molecule has 0 aromatic heterocycles. The van der Waals surface area contributed by atoms with Crippen LogP contribution in [0.1, 0.15) is 12.8 Å². The van der Waals surface area contributed by atoms with Gasteiger partial charge in [-0.15, -0.1) is 0 Å². The van der Waals surface area contributed by atoms with Crippen molar-refractivity contribution in [3.05, 3.63) is 28.5 Å². The molecule has 1 unspecified atom stereocenters. The molecule has 24 heavy (non-hydrogen) atoms. The zero-order valence-corrected chi connectivity index (χ0v) is 13.9. The van der Waals surface area contributed by atoms with Gasteiger partial charge in [0.2, 0.25) is 5.91 Å². The zero-order chi connectivity index (χ0) is 17.9. The maximum atomic E-state index is 13.7. The van der Waals surface area contributed by atoms with Gasteiger partial charge >= 0.3 is 12.2 Å². The number of nitrogens with zero attached hydrogens (tertiary/aromatic N) is 1. The Morgan fingerprint density at radius 2 is 2.04 bits per heavy atom. The van der Waals surface area contributed by atoms with Gasteiger partial charge in [-0.1, -0.05) is 15.9 Å². The van der Waals surface area contributed by atoms with Gasteiger partial charge < -0.3 is 15.5 Å². The van der Waals surface area contributed by atoms with Crippen molar-refractivity contribution in [2.45, 2.75) is 25.1 Å². The lowest BCUT2D eigenvalue weighted by molar-refractivity contribution is -0.140. The van der Waals surface area contributed by atoms with Gasteiger partial charge in [-0.3, -0.25) is 4.79 Å². The molecule has 1 saturated heterocycles. The molecular weight excluding hydrogens is 398 g/mol. The molecule has 1 aliphatic rings. The quantitative estimate of drug-likeness (QED) is 0.749. The van der Waals surface area contributed by atoms with Crippen molar-refractivity contribution in [2.24, 2.45) is 0 Å². The van der Waals surface area contributed by atoms with Gasteiger partial charge in [0.05, 0.1) is 5.69 Å². The van der Waals surface area contributed by atoms with Crippen molar-refractivity contribution < 1.29 is 27.2 Å². The zero-order valence-electron chi connectivity index (χ0n) is 12.3. The minimum atomic E-state index is -4.53. The first-order valence-electron chi connectivity index (χ1n) is 7.04. The average Bonchev–Trinajstić information content (AvgIpc) is 2.96. The number of rotatable bonds is 3. The molecule has 2 rings (SSSR count). The number of halogens is 5. The summed E-state index contributed by atoms with van der Waals surface area (Å²) in [6.07, 6.45) is -3.80. The first kappa shape index (κ1) is 18.5. The third kappa shape index (κ3) is 4.83. The highest BCUT2D eigenvalue weighted by Crippen LogP contribution is 2.23. The molecule has 132 valence electrons. The van der Waals surface area contributed by atoms with Gasteiger partial charge in [-0.2, -0.15) is 13.2 Å². The molecule has 0 aliphatic carbocycles. The number of likely N-dealkylation sites (tertiary alicyclic amines) is 1. The number of benzene rings is 1. The summed E-state index contributed by atoms with van der Waals surface area (Å²) in [5, 5.41) is 4.09. The van der Waals surface area contributed by atoms with Crippen LogP contribution in [-0.2, 0) is 4.79 Å². The van der Waals surface area contributed by atoms with E-state index < -0.39 is 36.5 Å². The number of hydrogen-bond acceptors (Lipinski definition) is 2. The Labute approximate surface area is 143 Å². The van der Waals surface area contributed by atoms with E-state index in [1.807, 2.05) is 0 Å². The summed E-state index contributed by atoms with van der Waals surface area (Å²) < 4.78 is 50.7. The van der Waals surface area contributed by atoms with Crippen LogP contribution in [0.25, 0.3) is 0 Å². The molecule has 1 aromatic carbocycles. The lowest BCUT2D eigenvalue weighted by atomic mass is 10.2. The SMILES string of the molecule is O=C(NCC(F)(F)F)C1CCCN1C(=O)Nc1ccc(Br)cc1F. The van der Waals surface area contributed by atoms with Gasteiger partial charge in [-0.25, -0.2) is 9.18 Å². The van der Waals surface area contributed by atoms with Crippen molar-refractivity contribution >= 4 is 33.6 Å². The summed E-state index contributed by atoms with van der Waals surface area (Å²) in [7, 11) is 0. The third-order valence-corrected chi connectivity index (χ3v) is 3.95. The Balaban J connectivity index is 2.01. The molecule has 1 aromatic rings. The Morgan fingerprint density at radius 1 is 1.33 bits per heavy atom. The Bertz CT molecular complexity index is 639. The molecule has 1 heterocycles. The summed E-state index contributed by atoms with van der Waals surface area (Å²) in [5.74, 6) is -1.55. The second-order valence-corrected chi connectivity index (χ2v) is 6.15. The maximum Gasteiger partial charge on any atom is 0.405 e. The van der Waals surface area contributed by atoms with Crippen LogP contribution >= 0.6 is 15.9 Å². The van der Waals surface area contributed by atoms with Gasteiger partial charge in [0.15, 0.2) is 0 Å². The van der Waals surface area contributed by atoms with E-state index in [-0.39, 0.29) is 18.7 Å². The number of carbonyl (C=O) groups is 2. The van der Waals surface area contributed by atoms with Crippen LogP contribution in [-0.4, -0.2) is 42.1 Å². The highest BCUT2D eigenvalue weighted by molar-refractivity contribution is 9.10. The Morgan fingerprint density at radius 3 is 2.67 bits per heavy atom. The minimum absolute atomic E-state index is 0.0791. The molecule has 3 amide bonds. The topological polar surface area (TPSA) is 61.4 Å². The largest absolute Gasteiger partial charge is 0.405 e. The number of carbonyl (C=O) groups excluding carboxylic acids is 2. The number of anilines is 1. The fourth-order valence-electron chi connectivity index (χ4n) is 2.37. The van der Waals surface area contributed by atoms with Crippen LogP contribution < -0.4 is 10.6 Å². The van der Waals surface area contributed by atoms with Crippen molar-refractivity contribution in [1.82, 2.24) is 10.2 Å². The summed E-state index contributed by atoms with van der Waals surface area (Å²) in [6.45, 7) is -1.26. The third-order valence-electron chi connectivity index (χ3n) is 3.45. The molecule has 1 fully saturated rings. The maximum absolute atomic E-state index is 13.7. The van der Waals surface area contributed by atoms with E-state index in [9.17, 15) is 27.2 Å². The van der Waals surface area contributed by atoms with Crippen LogP contribution in [0.3, 0.4) is 0 Å². The summed E-state index contributed by atoms with van der Waals surface area (Å²) >= 11 is 3.08. The van der Waals surface area contributed by atoms with Crippen LogP contribution in [0.2, 0.25) is 0 Å². The van der Waals surface area contributed by atoms with Crippen molar-refractivity contribution in [2.75, 3.05) is 18.4 Å². The van der Waals surface area contributed by atoms with Gasteiger partial charge in [-0.05, 0) is 31.0 Å². The number of nitrogens with one attached hydrogen (secondary N) is 2. The highest BCUT2D eigenvalue weighted by Gasteiger charge is 2.36. The average molecular weight is 412 g/mol. The standard InChI is InChI=1S/C14H14BrF4N3O2/c15-8-3-4-10(9(16)6-8)21-13(24)22-5-1-2-11(22)12(23)20-7-14(17,18)19/h3-4,6,11H,1-2,5,7H2,(H,20,23)(H,21,24). The minimum Gasteiger partial charge on any atom is -0.345 e. The van der Waals surface area contributed by atoms with Crippen molar-refractivity contribution in [3.8, 4) is 0 Å². The molecule has 1 atom stereocenters. The normalized spacial score (nSPS) is 17.7. The van der Waals surface area contributed by atoms with Crippen molar-refractivity contribution in [1.29, 1.82) is 0 Å². The molecule has 0 spiro atoms. The van der Waals surface area contributed by atoms with E-state index in [4.69, 9.17) is 0 Å². The Kier molecular flexibility index (Phi) is 5.68. The number of hydrogen-bond donors (Lipinski definition) is 2. The van der Waals surface area contributed by atoms with Crippen LogP contribution in [0.5, 0.6) is 0 Å². The van der Waals surface area contributed by atoms with Gasteiger partial charge in [0, 0.05) is 11.0 Å². The molecule has 5 nitrogen and oxygen atoms in total. The van der Waals surface area contributed by atoms with Crippen molar-refractivity contribution in [3.63, 3.8) is 0 Å². The number of amides is 3. The molecule has 2 N–H and O–H groups in total. The van der Waals surface area contributed by atoms with Crippen LogP contribution in [0, 0.1) is 5.82 Å². The fraction of sp³-hybridized carbons (Fsp3) is 0.429. The highest BCUT2D eigenvalue weighted by atomic mass is 79.9. The molecule has 0 saturated carbocycles. The van der Waals surface area contributed by atoms with Crippen LogP contribution in [0.4, 0.5) is 28.0 Å². The molecule has 0 radical (unpaired) electrons. The molecule has 10 heteroatoms. The first-order valence-corrected chi connectivity index (χ1v) is 7.84. The second-order valence-electron chi connectivity index (χ2n) is 5.24. The van der Waals surface area contributed by atoms with Gasteiger partial charge in [0.25, 0.3) is 0 Å². The van der Waals surface area contributed by atoms with E-state index >= 15 is 0 Å². The molecule has 1 aliphatic heterocycles. The van der Waals surface area contributed by atoms with E-state index in [1.165, 1.54) is 12.1 Å². The lowest BCUT2D eigenvalue weighted by Gasteiger charge is -2.24. The molecule has 0 bridgehead atoms.